The zero-order valence-electron chi connectivity index (χ0n) is 16.8. The van der Waals surface area contributed by atoms with Gasteiger partial charge in [0.05, 0.1) is 35.0 Å². The number of nitrogens with one attached hydrogen (secondary N) is 2. The number of fused-ring (bicyclic) bond motifs is 1. The Kier molecular flexibility index (Phi) is 5.81. The first-order valence-corrected chi connectivity index (χ1v) is 9.33. The summed E-state index contributed by atoms with van der Waals surface area (Å²) in [6, 6.07) is 6.27. The summed E-state index contributed by atoms with van der Waals surface area (Å²) in [6.07, 6.45) is 0. The summed E-state index contributed by atoms with van der Waals surface area (Å²) in [5.74, 6) is -1.14. The lowest BCUT2D eigenvalue weighted by Crippen LogP contribution is -2.50. The first-order chi connectivity index (χ1) is 13.8. The van der Waals surface area contributed by atoms with Crippen molar-refractivity contribution in [3.05, 3.63) is 52.4 Å². The normalized spacial score (nSPS) is 16.3. The smallest absolute Gasteiger partial charge is 0.339 e. The second-order valence-electron chi connectivity index (χ2n) is 6.84. The highest BCUT2D eigenvalue weighted by atomic mass is 16.5. The monoisotopic (exact) mass is 397 g/mol. The molecule has 8 nitrogen and oxygen atoms in total. The molecule has 0 fully saturated rings. The molecule has 1 aromatic carbocycles. The molecule has 3 rings (SSSR count). The zero-order valence-corrected chi connectivity index (χ0v) is 16.8. The lowest BCUT2D eigenvalue weighted by Gasteiger charge is -2.26. The second-order valence-corrected chi connectivity index (χ2v) is 6.84. The quantitative estimate of drug-likeness (QED) is 0.751. The van der Waals surface area contributed by atoms with Crippen molar-refractivity contribution in [2.75, 3.05) is 13.2 Å². The van der Waals surface area contributed by atoms with E-state index >= 15 is 0 Å². The van der Waals surface area contributed by atoms with Crippen molar-refractivity contribution in [2.45, 2.75) is 33.7 Å². The molecule has 2 N–H and O–H groups in total. The highest BCUT2D eigenvalue weighted by Gasteiger charge is 2.30. The number of aryl methyl sites for hydroxylation is 2. The predicted molar refractivity (Wildman–Crippen MR) is 106 cm³/mol. The molecule has 152 valence electrons. The third-order valence-corrected chi connectivity index (χ3v) is 4.53. The number of pyridine rings is 1. The minimum atomic E-state index is -0.570. The van der Waals surface area contributed by atoms with E-state index in [2.05, 4.69) is 15.6 Å². The van der Waals surface area contributed by atoms with Gasteiger partial charge in [-0.1, -0.05) is 11.6 Å². The Bertz CT molecular complexity index is 1030. The molecule has 1 aliphatic heterocycles. The summed E-state index contributed by atoms with van der Waals surface area (Å²) in [5, 5.41) is 5.82. The number of amides is 2. The van der Waals surface area contributed by atoms with Crippen LogP contribution in [0.4, 0.5) is 4.79 Å². The van der Waals surface area contributed by atoms with E-state index in [1.54, 1.807) is 26.8 Å². The molecular formula is C21H23N3O5. The van der Waals surface area contributed by atoms with Crippen LogP contribution in [0.1, 0.15) is 35.5 Å². The highest BCUT2D eigenvalue weighted by molar-refractivity contribution is 6.04. The van der Waals surface area contributed by atoms with Gasteiger partial charge in [-0.2, -0.15) is 0 Å². The minimum Gasteiger partial charge on any atom is -0.463 e. The van der Waals surface area contributed by atoms with Crippen molar-refractivity contribution in [3.8, 4) is 0 Å². The van der Waals surface area contributed by atoms with Gasteiger partial charge in [0.15, 0.2) is 0 Å². The van der Waals surface area contributed by atoms with Crippen molar-refractivity contribution < 1.29 is 23.9 Å². The van der Waals surface area contributed by atoms with Crippen LogP contribution in [0, 0.1) is 13.8 Å². The standard InChI is InChI=1S/C21H23N3O5/c1-5-28-20(26)18-13(4)23-21(27)24-17(18)10-29-19(25)15-9-12(3)22-16-7-6-11(2)8-14(15)16/h6-9,13H,5,10H2,1-4H3,(H2,23,24,27). The van der Waals surface area contributed by atoms with E-state index in [4.69, 9.17) is 9.47 Å². The lowest BCUT2D eigenvalue weighted by molar-refractivity contribution is -0.139. The molecule has 29 heavy (non-hydrogen) atoms. The number of esters is 2. The average Bonchev–Trinajstić information content (AvgIpc) is 2.65. The first kappa shape index (κ1) is 20.3. The van der Waals surface area contributed by atoms with E-state index in [0.29, 0.717) is 22.2 Å². The first-order valence-electron chi connectivity index (χ1n) is 9.33. The average molecular weight is 397 g/mol. The molecule has 1 aliphatic rings. The van der Waals surface area contributed by atoms with Crippen LogP contribution in [0.3, 0.4) is 0 Å². The molecule has 1 aromatic heterocycles. The van der Waals surface area contributed by atoms with E-state index in [9.17, 15) is 14.4 Å². The number of urea groups is 1. The van der Waals surface area contributed by atoms with Crippen molar-refractivity contribution in [1.82, 2.24) is 15.6 Å². The maximum Gasteiger partial charge on any atom is 0.339 e. The van der Waals surface area contributed by atoms with Gasteiger partial charge >= 0.3 is 18.0 Å². The van der Waals surface area contributed by atoms with Crippen LogP contribution in [0.25, 0.3) is 10.9 Å². The Hall–Kier alpha value is -3.42. The SMILES string of the molecule is CCOC(=O)C1=C(COC(=O)c2cc(C)nc3ccc(C)cc23)NC(=O)NC1C. The third-order valence-electron chi connectivity index (χ3n) is 4.53. The van der Waals surface area contributed by atoms with Crippen molar-refractivity contribution in [2.24, 2.45) is 0 Å². The summed E-state index contributed by atoms with van der Waals surface area (Å²) in [6.45, 7) is 7.01. The van der Waals surface area contributed by atoms with Gasteiger partial charge in [-0.15, -0.1) is 0 Å². The predicted octanol–water partition coefficient (Wildman–Crippen LogP) is 2.53. The molecule has 2 aromatic rings. The summed E-state index contributed by atoms with van der Waals surface area (Å²) >= 11 is 0. The molecule has 2 amide bonds. The maximum atomic E-state index is 12.8. The van der Waals surface area contributed by atoms with Crippen LogP contribution < -0.4 is 10.6 Å². The van der Waals surface area contributed by atoms with Crippen LogP contribution in [-0.2, 0) is 14.3 Å². The van der Waals surface area contributed by atoms with Crippen LogP contribution in [0.5, 0.6) is 0 Å². The van der Waals surface area contributed by atoms with Gasteiger partial charge in [0, 0.05) is 11.1 Å². The Morgan fingerprint density at radius 3 is 2.62 bits per heavy atom. The van der Waals surface area contributed by atoms with E-state index in [0.717, 1.165) is 5.56 Å². The molecule has 1 unspecified atom stereocenters. The Labute approximate surface area is 168 Å². The Morgan fingerprint density at radius 1 is 1.14 bits per heavy atom. The van der Waals surface area contributed by atoms with Crippen molar-refractivity contribution in [3.63, 3.8) is 0 Å². The fourth-order valence-electron chi connectivity index (χ4n) is 3.25. The number of rotatable bonds is 5. The van der Waals surface area contributed by atoms with E-state index < -0.39 is 24.0 Å². The summed E-state index contributed by atoms with van der Waals surface area (Å²) in [7, 11) is 0. The topological polar surface area (TPSA) is 107 Å². The molecule has 0 saturated carbocycles. The number of nitrogens with zero attached hydrogens (tertiary/aromatic N) is 1. The van der Waals surface area contributed by atoms with Crippen LogP contribution >= 0.6 is 0 Å². The number of carbonyl (C=O) groups excluding carboxylic acids is 3. The number of hydrogen-bond acceptors (Lipinski definition) is 6. The number of benzene rings is 1. The van der Waals surface area contributed by atoms with Gasteiger partial charge in [-0.3, -0.25) is 4.98 Å². The summed E-state index contributed by atoms with van der Waals surface area (Å²) < 4.78 is 10.5. The second kappa shape index (κ2) is 8.30. The number of aromatic nitrogens is 1. The van der Waals surface area contributed by atoms with Crippen molar-refractivity contribution >= 4 is 28.9 Å². The van der Waals surface area contributed by atoms with E-state index in [1.807, 2.05) is 25.1 Å². The minimum absolute atomic E-state index is 0.192. The molecule has 2 heterocycles. The van der Waals surface area contributed by atoms with Crippen molar-refractivity contribution in [1.29, 1.82) is 0 Å². The van der Waals surface area contributed by atoms with Crippen LogP contribution in [0.15, 0.2) is 35.5 Å². The van der Waals surface area contributed by atoms with Crippen LogP contribution in [0.2, 0.25) is 0 Å². The van der Waals surface area contributed by atoms with Gasteiger partial charge in [-0.05, 0) is 45.9 Å². The molecule has 8 heteroatoms. The molecule has 0 radical (unpaired) electrons. The largest absolute Gasteiger partial charge is 0.463 e. The van der Waals surface area contributed by atoms with Gasteiger partial charge < -0.3 is 20.1 Å². The lowest BCUT2D eigenvalue weighted by atomic mass is 10.0. The molecule has 1 atom stereocenters. The fourth-order valence-corrected chi connectivity index (χ4v) is 3.25. The maximum absolute atomic E-state index is 12.8. The zero-order chi connectivity index (χ0) is 21.1. The third kappa shape index (κ3) is 4.37. The highest BCUT2D eigenvalue weighted by Crippen LogP contribution is 2.22. The number of carbonyl (C=O) groups is 3. The number of hydrogen-bond donors (Lipinski definition) is 2. The van der Waals surface area contributed by atoms with E-state index in [-0.39, 0.29) is 24.5 Å². The van der Waals surface area contributed by atoms with Gasteiger partial charge in [0.1, 0.15) is 6.61 Å². The van der Waals surface area contributed by atoms with Gasteiger partial charge in [-0.25, -0.2) is 14.4 Å². The molecule has 0 spiro atoms. The van der Waals surface area contributed by atoms with Gasteiger partial charge in [0.25, 0.3) is 0 Å². The molecular weight excluding hydrogens is 374 g/mol. The number of ether oxygens (including phenoxy) is 2. The molecule has 0 bridgehead atoms. The van der Waals surface area contributed by atoms with Crippen LogP contribution in [-0.4, -0.2) is 42.2 Å². The van der Waals surface area contributed by atoms with Gasteiger partial charge in [0.2, 0.25) is 0 Å². The molecule has 0 saturated heterocycles. The Morgan fingerprint density at radius 2 is 1.90 bits per heavy atom. The van der Waals surface area contributed by atoms with E-state index in [1.165, 1.54) is 0 Å². The summed E-state index contributed by atoms with van der Waals surface area (Å²) in [4.78, 5) is 41.4. The summed E-state index contributed by atoms with van der Waals surface area (Å²) in [5.41, 5.74) is 3.18. The fraction of sp³-hybridized carbons (Fsp3) is 0.333. The molecule has 0 aliphatic carbocycles. The Balaban J connectivity index is 1.90.